The van der Waals surface area contributed by atoms with Gasteiger partial charge in [-0.3, -0.25) is 8.37 Å². The minimum Gasteiger partial charge on any atom is -0.268 e. The van der Waals surface area contributed by atoms with Crippen LogP contribution in [0.4, 0.5) is 0 Å². The highest BCUT2D eigenvalue weighted by atomic mass is 32.2. The van der Waals surface area contributed by atoms with Crippen LogP contribution in [-0.4, -0.2) is 17.4 Å². The van der Waals surface area contributed by atoms with Gasteiger partial charge in [0.2, 0.25) is 0 Å². The summed E-state index contributed by atoms with van der Waals surface area (Å²) in [5.41, 5.74) is 0.124. The third-order valence-corrected chi connectivity index (χ3v) is 3.91. The molecule has 0 saturated carbocycles. The molecule has 3 nitrogen and oxygen atoms in total. The fraction of sp³-hybridized carbons (Fsp3) is 1.00. The topological polar surface area (TPSA) is 35.5 Å². The van der Waals surface area contributed by atoms with Gasteiger partial charge in [-0.25, -0.2) is 0 Å². The first kappa shape index (κ1) is 14.1. The number of unbranched alkanes of at least 4 members (excludes halogenated alkanes) is 3. The van der Waals surface area contributed by atoms with E-state index in [2.05, 4.69) is 13.8 Å². The maximum atomic E-state index is 11.0. The van der Waals surface area contributed by atoms with Crippen molar-refractivity contribution in [2.24, 2.45) is 5.41 Å². The summed E-state index contributed by atoms with van der Waals surface area (Å²) in [4.78, 5) is 0. The van der Waals surface area contributed by atoms with Crippen LogP contribution in [0.15, 0.2) is 0 Å². The SMILES string of the molecule is CCCCCC1(CCCC)COS(=O)OC1. The Morgan fingerprint density at radius 2 is 1.56 bits per heavy atom. The second-order valence-corrected chi connectivity index (χ2v) is 5.67. The smallest absolute Gasteiger partial charge is 0.268 e. The van der Waals surface area contributed by atoms with E-state index in [0.29, 0.717) is 13.2 Å². The highest BCUT2D eigenvalue weighted by Crippen LogP contribution is 2.35. The number of hydrogen-bond acceptors (Lipinski definition) is 3. The monoisotopic (exact) mass is 248 g/mol. The maximum absolute atomic E-state index is 11.0. The van der Waals surface area contributed by atoms with E-state index in [4.69, 9.17) is 8.37 Å². The summed E-state index contributed by atoms with van der Waals surface area (Å²) >= 11 is -1.50. The predicted octanol–water partition coefficient (Wildman–Crippen LogP) is 3.37. The molecule has 0 amide bonds. The van der Waals surface area contributed by atoms with Crippen molar-refractivity contribution in [2.45, 2.75) is 58.8 Å². The first-order valence-electron chi connectivity index (χ1n) is 6.41. The molecular formula is C12H24O3S. The Kier molecular flexibility index (Phi) is 6.54. The first-order chi connectivity index (χ1) is 7.72. The lowest BCUT2D eigenvalue weighted by atomic mass is 9.79. The molecule has 0 unspecified atom stereocenters. The van der Waals surface area contributed by atoms with E-state index in [9.17, 15) is 4.21 Å². The van der Waals surface area contributed by atoms with Crippen LogP contribution in [0.25, 0.3) is 0 Å². The number of rotatable bonds is 7. The molecule has 0 aromatic carbocycles. The average Bonchev–Trinajstić information content (AvgIpc) is 2.31. The Balaban J connectivity index is 2.43. The van der Waals surface area contributed by atoms with Crippen molar-refractivity contribution in [1.29, 1.82) is 0 Å². The molecule has 4 heteroatoms. The summed E-state index contributed by atoms with van der Waals surface area (Å²) < 4.78 is 21.4. The molecule has 0 bridgehead atoms. The van der Waals surface area contributed by atoms with Gasteiger partial charge in [-0.05, 0) is 12.8 Å². The minimum atomic E-state index is -1.50. The zero-order chi connectivity index (χ0) is 11.9. The summed E-state index contributed by atoms with van der Waals surface area (Å²) in [7, 11) is 0. The predicted molar refractivity (Wildman–Crippen MR) is 66.1 cm³/mol. The van der Waals surface area contributed by atoms with Crippen molar-refractivity contribution in [1.82, 2.24) is 0 Å². The lowest BCUT2D eigenvalue weighted by molar-refractivity contribution is 0.0217. The van der Waals surface area contributed by atoms with Crippen LogP contribution in [0.1, 0.15) is 58.8 Å². The van der Waals surface area contributed by atoms with Crippen molar-refractivity contribution in [3.63, 3.8) is 0 Å². The van der Waals surface area contributed by atoms with Crippen LogP contribution >= 0.6 is 0 Å². The molecule has 0 N–H and O–H groups in total. The molecule has 1 rings (SSSR count). The van der Waals surface area contributed by atoms with Crippen molar-refractivity contribution >= 4 is 11.4 Å². The third kappa shape index (κ3) is 4.52. The standard InChI is InChI=1S/C12H24O3S/c1-3-5-7-9-12(8-6-4-2)10-14-16(13)15-11-12/h3-11H2,1-2H3. The molecule has 1 heterocycles. The Morgan fingerprint density at radius 3 is 2.12 bits per heavy atom. The second kappa shape index (κ2) is 7.41. The molecule has 0 aromatic heterocycles. The van der Waals surface area contributed by atoms with Crippen molar-refractivity contribution in [2.75, 3.05) is 13.2 Å². The van der Waals surface area contributed by atoms with Crippen molar-refractivity contribution in [3.8, 4) is 0 Å². The molecule has 1 aliphatic heterocycles. The maximum Gasteiger partial charge on any atom is 0.304 e. The summed E-state index contributed by atoms with van der Waals surface area (Å²) in [5, 5.41) is 0. The zero-order valence-electron chi connectivity index (χ0n) is 10.5. The van der Waals surface area contributed by atoms with E-state index >= 15 is 0 Å². The Bertz CT molecular complexity index is 208. The minimum absolute atomic E-state index is 0.124. The lowest BCUT2D eigenvalue weighted by Crippen LogP contribution is -2.37. The van der Waals surface area contributed by atoms with Gasteiger partial charge in [0.15, 0.2) is 0 Å². The molecule has 0 spiro atoms. The zero-order valence-corrected chi connectivity index (χ0v) is 11.3. The summed E-state index contributed by atoms with van der Waals surface area (Å²) in [5.74, 6) is 0. The molecule has 0 aliphatic carbocycles. The fourth-order valence-electron chi connectivity index (χ4n) is 2.14. The van der Waals surface area contributed by atoms with Crippen LogP contribution in [-0.2, 0) is 19.7 Å². The fourth-order valence-corrected chi connectivity index (χ4v) is 2.90. The van der Waals surface area contributed by atoms with Gasteiger partial charge in [0.05, 0.1) is 13.2 Å². The van der Waals surface area contributed by atoms with Gasteiger partial charge < -0.3 is 0 Å². The molecule has 0 radical (unpaired) electrons. The van der Waals surface area contributed by atoms with E-state index in [1.165, 1.54) is 32.1 Å². The van der Waals surface area contributed by atoms with Gasteiger partial charge in [-0.2, -0.15) is 4.21 Å². The molecule has 16 heavy (non-hydrogen) atoms. The molecule has 1 fully saturated rings. The Hall–Kier alpha value is 0.0700. The van der Waals surface area contributed by atoms with Crippen LogP contribution in [0.5, 0.6) is 0 Å². The van der Waals surface area contributed by atoms with E-state index in [0.717, 1.165) is 12.8 Å². The summed E-state index contributed by atoms with van der Waals surface area (Å²) in [6, 6.07) is 0. The van der Waals surface area contributed by atoms with E-state index in [1.807, 2.05) is 0 Å². The van der Waals surface area contributed by atoms with Crippen molar-refractivity contribution in [3.05, 3.63) is 0 Å². The van der Waals surface area contributed by atoms with E-state index in [1.54, 1.807) is 0 Å². The van der Waals surface area contributed by atoms with Crippen LogP contribution in [0, 0.1) is 5.41 Å². The first-order valence-corrected chi connectivity index (χ1v) is 7.41. The Labute approximate surface area is 102 Å². The van der Waals surface area contributed by atoms with Crippen LogP contribution < -0.4 is 0 Å². The number of hydrogen-bond donors (Lipinski definition) is 0. The second-order valence-electron chi connectivity index (χ2n) is 4.79. The highest BCUT2D eigenvalue weighted by Gasteiger charge is 2.35. The van der Waals surface area contributed by atoms with E-state index < -0.39 is 11.4 Å². The average molecular weight is 248 g/mol. The lowest BCUT2D eigenvalue weighted by Gasteiger charge is -2.35. The normalized spacial score (nSPS) is 30.5. The van der Waals surface area contributed by atoms with E-state index in [-0.39, 0.29) is 5.41 Å². The highest BCUT2D eigenvalue weighted by molar-refractivity contribution is 7.75. The molecular weight excluding hydrogens is 224 g/mol. The Morgan fingerprint density at radius 1 is 1.00 bits per heavy atom. The quantitative estimate of drug-likeness (QED) is 0.648. The van der Waals surface area contributed by atoms with Crippen LogP contribution in [0.3, 0.4) is 0 Å². The summed E-state index contributed by atoms with van der Waals surface area (Å²) in [6.45, 7) is 5.61. The van der Waals surface area contributed by atoms with Crippen molar-refractivity contribution < 1.29 is 12.6 Å². The van der Waals surface area contributed by atoms with Gasteiger partial charge in [-0.15, -0.1) is 0 Å². The van der Waals surface area contributed by atoms with Gasteiger partial charge in [0.1, 0.15) is 0 Å². The van der Waals surface area contributed by atoms with Gasteiger partial charge in [0, 0.05) is 5.41 Å². The molecule has 1 saturated heterocycles. The van der Waals surface area contributed by atoms with Gasteiger partial charge >= 0.3 is 11.4 Å². The molecule has 96 valence electrons. The van der Waals surface area contributed by atoms with Gasteiger partial charge in [-0.1, -0.05) is 46.0 Å². The largest absolute Gasteiger partial charge is 0.304 e. The molecule has 0 aromatic rings. The summed E-state index contributed by atoms with van der Waals surface area (Å²) in [6.07, 6.45) is 8.38. The van der Waals surface area contributed by atoms with Crippen LogP contribution in [0.2, 0.25) is 0 Å². The molecule has 1 aliphatic rings. The third-order valence-electron chi connectivity index (χ3n) is 3.29. The molecule has 0 atom stereocenters. The van der Waals surface area contributed by atoms with Gasteiger partial charge in [0.25, 0.3) is 0 Å².